The van der Waals surface area contributed by atoms with Gasteiger partial charge >= 0.3 is 0 Å². The Bertz CT molecular complexity index is 535. The first-order valence-electron chi connectivity index (χ1n) is 7.59. The minimum Gasteiger partial charge on any atom is -0.335 e. The molecule has 2 heterocycles. The zero-order chi connectivity index (χ0) is 15.1. The van der Waals surface area contributed by atoms with Gasteiger partial charge in [0.1, 0.15) is 5.82 Å². The number of hydrogen-bond acceptors (Lipinski definition) is 3. The molecular formula is C16H23BrN4. The number of hydrogen-bond donors (Lipinski definition) is 1. The van der Waals surface area contributed by atoms with Crippen LogP contribution in [0.1, 0.15) is 44.2 Å². The number of rotatable bonds is 8. The van der Waals surface area contributed by atoms with Crippen LogP contribution in [0, 0.1) is 0 Å². The zero-order valence-corrected chi connectivity index (χ0v) is 14.3. The molecule has 1 atom stereocenters. The van der Waals surface area contributed by atoms with Gasteiger partial charge in [-0.3, -0.25) is 4.98 Å². The summed E-state index contributed by atoms with van der Waals surface area (Å²) in [5, 5.41) is 3.58. The van der Waals surface area contributed by atoms with Crippen LogP contribution < -0.4 is 5.32 Å². The van der Waals surface area contributed by atoms with Crippen LogP contribution in [0.4, 0.5) is 0 Å². The van der Waals surface area contributed by atoms with E-state index in [1.54, 1.807) is 0 Å². The highest BCUT2D eigenvalue weighted by molar-refractivity contribution is 9.10. The number of aromatic nitrogens is 3. The molecule has 1 unspecified atom stereocenters. The van der Waals surface area contributed by atoms with Gasteiger partial charge in [-0.15, -0.1) is 0 Å². The molecule has 0 aliphatic heterocycles. The number of imidazole rings is 1. The Labute approximate surface area is 135 Å². The van der Waals surface area contributed by atoms with E-state index in [4.69, 9.17) is 0 Å². The average Bonchev–Trinajstić information content (AvgIpc) is 2.92. The highest BCUT2D eigenvalue weighted by atomic mass is 79.9. The summed E-state index contributed by atoms with van der Waals surface area (Å²) in [6.07, 6.45) is 8.89. The van der Waals surface area contributed by atoms with Crippen LogP contribution in [0.5, 0.6) is 0 Å². The second-order valence-corrected chi connectivity index (χ2v) is 6.06. The van der Waals surface area contributed by atoms with Gasteiger partial charge in [-0.2, -0.15) is 0 Å². The molecule has 0 fully saturated rings. The van der Waals surface area contributed by atoms with E-state index in [1.165, 1.54) is 0 Å². The molecule has 2 rings (SSSR count). The predicted molar refractivity (Wildman–Crippen MR) is 89.2 cm³/mol. The van der Waals surface area contributed by atoms with Crippen molar-refractivity contribution in [3.63, 3.8) is 0 Å². The van der Waals surface area contributed by atoms with Crippen molar-refractivity contribution in [2.75, 3.05) is 6.54 Å². The monoisotopic (exact) mass is 350 g/mol. The third-order valence-electron chi connectivity index (χ3n) is 3.40. The molecule has 0 saturated carbocycles. The highest BCUT2D eigenvalue weighted by Crippen LogP contribution is 2.18. The molecule has 2 aromatic rings. The number of nitrogens with one attached hydrogen (secondary N) is 1. The lowest BCUT2D eigenvalue weighted by Gasteiger charge is -2.18. The number of pyridine rings is 1. The van der Waals surface area contributed by atoms with Gasteiger partial charge in [-0.05, 0) is 47.4 Å². The van der Waals surface area contributed by atoms with Crippen molar-refractivity contribution in [2.45, 2.75) is 45.7 Å². The first-order chi connectivity index (χ1) is 10.2. The van der Waals surface area contributed by atoms with Crippen molar-refractivity contribution in [3.05, 3.63) is 46.7 Å². The van der Waals surface area contributed by atoms with Gasteiger partial charge in [0.25, 0.3) is 0 Å². The second-order valence-electron chi connectivity index (χ2n) is 5.15. The molecule has 1 N–H and O–H groups in total. The molecule has 21 heavy (non-hydrogen) atoms. The smallest absolute Gasteiger partial charge is 0.110 e. The summed E-state index contributed by atoms with van der Waals surface area (Å²) in [4.78, 5) is 9.05. The van der Waals surface area contributed by atoms with Crippen LogP contribution in [-0.2, 0) is 13.0 Å². The molecular weight excluding hydrogens is 328 g/mol. The lowest BCUT2D eigenvalue weighted by Crippen LogP contribution is -2.26. The van der Waals surface area contributed by atoms with Crippen molar-refractivity contribution in [3.8, 4) is 0 Å². The minimum absolute atomic E-state index is 0.205. The minimum atomic E-state index is 0.205. The van der Waals surface area contributed by atoms with Crippen molar-refractivity contribution >= 4 is 15.9 Å². The molecule has 0 saturated heterocycles. The first kappa shape index (κ1) is 16.2. The van der Waals surface area contributed by atoms with E-state index in [0.29, 0.717) is 0 Å². The Kier molecular flexibility index (Phi) is 6.39. The maximum atomic E-state index is 4.54. The molecule has 0 amide bonds. The van der Waals surface area contributed by atoms with E-state index in [9.17, 15) is 0 Å². The summed E-state index contributed by atoms with van der Waals surface area (Å²) in [6, 6.07) is 4.32. The van der Waals surface area contributed by atoms with Crippen molar-refractivity contribution in [1.82, 2.24) is 19.9 Å². The van der Waals surface area contributed by atoms with E-state index in [1.807, 2.05) is 18.5 Å². The first-order valence-corrected chi connectivity index (χ1v) is 8.38. The van der Waals surface area contributed by atoms with E-state index in [0.717, 1.165) is 48.3 Å². The SMILES string of the molecule is CCCNC(Cc1nccn1CCC)c1ccc(Br)cn1. The fourth-order valence-corrected chi connectivity index (χ4v) is 2.58. The molecule has 114 valence electrons. The molecule has 0 spiro atoms. The molecule has 0 aliphatic carbocycles. The summed E-state index contributed by atoms with van der Waals surface area (Å²) in [6.45, 7) is 6.37. The Balaban J connectivity index is 2.15. The van der Waals surface area contributed by atoms with Gasteiger partial charge < -0.3 is 9.88 Å². The van der Waals surface area contributed by atoms with Crippen LogP contribution in [0.25, 0.3) is 0 Å². The standard InChI is InChI=1S/C16H23BrN4/c1-3-7-18-15(14-6-5-13(17)12-20-14)11-16-19-8-10-21(16)9-4-2/h5-6,8,10,12,15,18H,3-4,7,9,11H2,1-2H3. The highest BCUT2D eigenvalue weighted by Gasteiger charge is 2.15. The van der Waals surface area contributed by atoms with Crippen molar-refractivity contribution < 1.29 is 0 Å². The fourth-order valence-electron chi connectivity index (χ4n) is 2.35. The third-order valence-corrected chi connectivity index (χ3v) is 3.87. The molecule has 4 nitrogen and oxygen atoms in total. The predicted octanol–water partition coefficient (Wildman–Crippen LogP) is 3.73. The Morgan fingerprint density at radius 2 is 2.10 bits per heavy atom. The van der Waals surface area contributed by atoms with Crippen LogP contribution in [-0.4, -0.2) is 21.1 Å². The Morgan fingerprint density at radius 1 is 1.24 bits per heavy atom. The van der Waals surface area contributed by atoms with Crippen molar-refractivity contribution in [1.29, 1.82) is 0 Å². The van der Waals surface area contributed by atoms with E-state index in [2.05, 4.69) is 61.9 Å². The van der Waals surface area contributed by atoms with E-state index < -0.39 is 0 Å². The molecule has 5 heteroatoms. The van der Waals surface area contributed by atoms with Gasteiger partial charge in [0.05, 0.1) is 11.7 Å². The maximum Gasteiger partial charge on any atom is 0.110 e. The van der Waals surface area contributed by atoms with Gasteiger partial charge in [0.15, 0.2) is 0 Å². The molecule has 0 aliphatic rings. The zero-order valence-electron chi connectivity index (χ0n) is 12.7. The van der Waals surface area contributed by atoms with Crippen molar-refractivity contribution in [2.24, 2.45) is 0 Å². The van der Waals surface area contributed by atoms with Crippen LogP contribution in [0.3, 0.4) is 0 Å². The van der Waals surface area contributed by atoms with Crippen LogP contribution >= 0.6 is 15.9 Å². The lowest BCUT2D eigenvalue weighted by molar-refractivity contribution is 0.492. The van der Waals surface area contributed by atoms with E-state index >= 15 is 0 Å². The summed E-state index contributed by atoms with van der Waals surface area (Å²) >= 11 is 3.44. The molecule has 0 radical (unpaired) electrons. The Morgan fingerprint density at radius 3 is 2.76 bits per heavy atom. The third kappa shape index (κ3) is 4.64. The maximum absolute atomic E-state index is 4.54. The summed E-state index contributed by atoms with van der Waals surface area (Å²) < 4.78 is 3.24. The van der Waals surface area contributed by atoms with Crippen LogP contribution in [0.2, 0.25) is 0 Å². The largest absolute Gasteiger partial charge is 0.335 e. The average molecular weight is 351 g/mol. The summed E-state index contributed by atoms with van der Waals surface area (Å²) in [7, 11) is 0. The fraction of sp³-hybridized carbons (Fsp3) is 0.500. The van der Waals surface area contributed by atoms with Gasteiger partial charge in [0, 0.05) is 36.0 Å². The van der Waals surface area contributed by atoms with Crippen LogP contribution in [0.15, 0.2) is 35.2 Å². The van der Waals surface area contributed by atoms with Gasteiger partial charge in [-0.1, -0.05) is 13.8 Å². The van der Waals surface area contributed by atoms with Gasteiger partial charge in [-0.25, -0.2) is 4.98 Å². The Hall–Kier alpha value is -1.20. The second kappa shape index (κ2) is 8.29. The topological polar surface area (TPSA) is 42.7 Å². The summed E-state index contributed by atoms with van der Waals surface area (Å²) in [5.41, 5.74) is 1.07. The normalized spacial score (nSPS) is 12.5. The molecule has 0 aromatic carbocycles. The summed E-state index contributed by atoms with van der Waals surface area (Å²) in [5.74, 6) is 1.12. The quantitative estimate of drug-likeness (QED) is 0.788. The number of halogens is 1. The number of nitrogens with zero attached hydrogens (tertiary/aromatic N) is 3. The molecule has 0 bridgehead atoms. The lowest BCUT2D eigenvalue weighted by atomic mass is 10.1. The van der Waals surface area contributed by atoms with E-state index in [-0.39, 0.29) is 6.04 Å². The molecule has 2 aromatic heterocycles. The van der Waals surface area contributed by atoms with Gasteiger partial charge in [0.2, 0.25) is 0 Å². The number of aryl methyl sites for hydroxylation is 1.